The molecule has 0 radical (unpaired) electrons. The lowest BCUT2D eigenvalue weighted by molar-refractivity contribution is -0.120. The number of carbonyl (C=O) groups is 1. The summed E-state index contributed by atoms with van der Waals surface area (Å²) in [5, 5.41) is 0. The van der Waals surface area contributed by atoms with Gasteiger partial charge in [-0.25, -0.2) is 0 Å². The molecule has 0 saturated heterocycles. The molecule has 1 heterocycles. The summed E-state index contributed by atoms with van der Waals surface area (Å²) in [6, 6.07) is 5.14. The van der Waals surface area contributed by atoms with E-state index in [4.69, 9.17) is 22.7 Å². The van der Waals surface area contributed by atoms with Crippen LogP contribution < -0.4 is 10.5 Å². The van der Waals surface area contributed by atoms with Crippen LogP contribution in [0.25, 0.3) is 11.0 Å². The van der Waals surface area contributed by atoms with Crippen LogP contribution in [0.15, 0.2) is 18.2 Å². The number of carbonyl (C=O) groups excluding carboxylic acids is 1. The van der Waals surface area contributed by atoms with E-state index in [9.17, 15) is 4.79 Å². The highest BCUT2D eigenvalue weighted by Gasteiger charge is 2.17. The fraction of sp³-hybridized carbons (Fsp3) is 0.385. The lowest BCUT2D eigenvalue weighted by Crippen LogP contribution is -2.23. The number of nitrogens with two attached hydrogens (primary N) is 1. The SMILES string of the molecule is CCCOc1cccc2c1[nH]c(=S)n2C(C)C(N)=O. The number of hydrogen-bond donors (Lipinski definition) is 2. The fourth-order valence-corrected chi connectivity index (χ4v) is 2.33. The van der Waals surface area contributed by atoms with Gasteiger partial charge in [-0.2, -0.15) is 0 Å². The Balaban J connectivity index is 2.59. The molecule has 2 rings (SSSR count). The van der Waals surface area contributed by atoms with Gasteiger partial charge in [0, 0.05) is 0 Å². The number of imidazole rings is 1. The Labute approximate surface area is 116 Å². The largest absolute Gasteiger partial charge is 0.491 e. The van der Waals surface area contributed by atoms with Crippen LogP contribution in [-0.4, -0.2) is 22.1 Å². The van der Waals surface area contributed by atoms with Crippen LogP contribution in [0.1, 0.15) is 26.3 Å². The molecule has 0 aliphatic heterocycles. The highest BCUT2D eigenvalue weighted by Crippen LogP contribution is 2.27. The highest BCUT2D eigenvalue weighted by atomic mass is 32.1. The van der Waals surface area contributed by atoms with Gasteiger partial charge < -0.3 is 20.0 Å². The van der Waals surface area contributed by atoms with Crippen molar-refractivity contribution in [3.05, 3.63) is 23.0 Å². The Morgan fingerprint density at radius 2 is 2.32 bits per heavy atom. The number of benzene rings is 1. The van der Waals surface area contributed by atoms with E-state index < -0.39 is 11.9 Å². The summed E-state index contributed by atoms with van der Waals surface area (Å²) < 4.78 is 7.85. The minimum Gasteiger partial charge on any atom is -0.491 e. The molecular formula is C13H17N3O2S. The van der Waals surface area contributed by atoms with E-state index in [0.29, 0.717) is 11.4 Å². The smallest absolute Gasteiger partial charge is 0.240 e. The molecule has 0 spiro atoms. The second-order valence-electron chi connectivity index (χ2n) is 4.38. The Bertz CT molecular complexity index is 659. The van der Waals surface area contributed by atoms with Crippen molar-refractivity contribution in [2.75, 3.05) is 6.61 Å². The summed E-state index contributed by atoms with van der Waals surface area (Å²) in [5.41, 5.74) is 6.98. The number of ether oxygens (including phenoxy) is 1. The lowest BCUT2D eigenvalue weighted by Gasteiger charge is -2.11. The van der Waals surface area contributed by atoms with Crippen LogP contribution >= 0.6 is 12.2 Å². The van der Waals surface area contributed by atoms with E-state index in [1.165, 1.54) is 0 Å². The van der Waals surface area contributed by atoms with Gasteiger partial charge in [-0.1, -0.05) is 13.0 Å². The van der Waals surface area contributed by atoms with Crippen LogP contribution in [-0.2, 0) is 4.79 Å². The third-order valence-corrected chi connectivity index (χ3v) is 3.27. The number of aromatic amines is 1. The van der Waals surface area contributed by atoms with E-state index in [-0.39, 0.29) is 0 Å². The van der Waals surface area contributed by atoms with Crippen LogP contribution in [0.2, 0.25) is 0 Å². The number of hydrogen-bond acceptors (Lipinski definition) is 3. The van der Waals surface area contributed by atoms with Gasteiger partial charge in [-0.05, 0) is 37.7 Å². The molecule has 0 aliphatic rings. The zero-order valence-electron chi connectivity index (χ0n) is 11.0. The van der Waals surface area contributed by atoms with Gasteiger partial charge in [0.15, 0.2) is 4.77 Å². The second kappa shape index (κ2) is 5.44. The van der Waals surface area contributed by atoms with Crippen LogP contribution in [0, 0.1) is 4.77 Å². The standard InChI is InChI=1S/C13H17N3O2S/c1-3-7-18-10-6-4-5-9-11(10)15-13(19)16(9)8(2)12(14)17/h4-6,8H,3,7H2,1-2H3,(H2,14,17)(H,15,19). The number of aromatic nitrogens is 2. The first-order valence-electron chi connectivity index (χ1n) is 6.21. The van der Waals surface area contributed by atoms with Crippen LogP contribution in [0.3, 0.4) is 0 Å². The highest BCUT2D eigenvalue weighted by molar-refractivity contribution is 7.71. The minimum atomic E-state index is -0.498. The summed E-state index contributed by atoms with van der Waals surface area (Å²) in [6.45, 7) is 4.41. The predicted octanol–water partition coefficient (Wildman–Crippen LogP) is 2.53. The first kappa shape index (κ1) is 13.6. The molecule has 0 saturated carbocycles. The number of para-hydroxylation sites is 1. The molecule has 1 unspecified atom stereocenters. The summed E-state index contributed by atoms with van der Waals surface area (Å²) in [5.74, 6) is 0.317. The Morgan fingerprint density at radius 1 is 1.58 bits per heavy atom. The van der Waals surface area contributed by atoms with Gasteiger partial charge in [0.1, 0.15) is 17.3 Å². The third kappa shape index (κ3) is 2.49. The summed E-state index contributed by atoms with van der Waals surface area (Å²) in [7, 11) is 0. The first-order valence-corrected chi connectivity index (χ1v) is 6.62. The van der Waals surface area contributed by atoms with E-state index in [1.807, 2.05) is 25.1 Å². The molecule has 5 nitrogen and oxygen atoms in total. The minimum absolute atomic E-state index is 0.420. The Hall–Kier alpha value is -1.82. The Morgan fingerprint density at radius 3 is 2.95 bits per heavy atom. The fourth-order valence-electron chi connectivity index (χ4n) is 1.97. The molecule has 102 valence electrons. The average Bonchev–Trinajstić information content (AvgIpc) is 2.71. The number of amides is 1. The van der Waals surface area contributed by atoms with Gasteiger partial charge in [0.05, 0.1) is 12.1 Å². The van der Waals surface area contributed by atoms with E-state index in [2.05, 4.69) is 4.98 Å². The zero-order chi connectivity index (χ0) is 14.0. The van der Waals surface area contributed by atoms with Crippen molar-refractivity contribution < 1.29 is 9.53 Å². The van der Waals surface area contributed by atoms with Gasteiger partial charge in [-0.15, -0.1) is 0 Å². The molecule has 1 aromatic carbocycles. The third-order valence-electron chi connectivity index (χ3n) is 2.98. The number of fused-ring (bicyclic) bond motifs is 1. The number of nitrogens with zero attached hydrogens (tertiary/aromatic N) is 1. The van der Waals surface area contributed by atoms with Crippen LogP contribution in [0.5, 0.6) is 5.75 Å². The normalized spacial score (nSPS) is 12.5. The number of primary amides is 1. The molecule has 3 N–H and O–H groups in total. The summed E-state index contributed by atoms with van der Waals surface area (Å²) in [6.07, 6.45) is 0.926. The maximum Gasteiger partial charge on any atom is 0.240 e. The van der Waals surface area contributed by atoms with Crippen molar-refractivity contribution in [1.82, 2.24) is 9.55 Å². The maximum absolute atomic E-state index is 11.4. The summed E-state index contributed by atoms with van der Waals surface area (Å²) >= 11 is 5.26. The molecule has 0 fully saturated rings. The summed E-state index contributed by atoms with van der Waals surface area (Å²) in [4.78, 5) is 14.4. The molecule has 0 aliphatic carbocycles. The molecule has 0 bridgehead atoms. The monoisotopic (exact) mass is 279 g/mol. The average molecular weight is 279 g/mol. The molecular weight excluding hydrogens is 262 g/mol. The van der Waals surface area contributed by atoms with E-state index >= 15 is 0 Å². The van der Waals surface area contributed by atoms with Crippen molar-refractivity contribution in [2.24, 2.45) is 5.73 Å². The van der Waals surface area contributed by atoms with Crippen molar-refractivity contribution in [2.45, 2.75) is 26.3 Å². The maximum atomic E-state index is 11.4. The quantitative estimate of drug-likeness (QED) is 0.826. The molecule has 1 amide bonds. The van der Waals surface area contributed by atoms with Crippen LogP contribution in [0.4, 0.5) is 0 Å². The van der Waals surface area contributed by atoms with E-state index in [0.717, 1.165) is 23.2 Å². The van der Waals surface area contributed by atoms with Crippen molar-refractivity contribution in [1.29, 1.82) is 0 Å². The van der Waals surface area contributed by atoms with Gasteiger partial charge >= 0.3 is 0 Å². The molecule has 6 heteroatoms. The van der Waals surface area contributed by atoms with Crippen molar-refractivity contribution in [3.63, 3.8) is 0 Å². The van der Waals surface area contributed by atoms with Crippen molar-refractivity contribution >= 4 is 29.2 Å². The first-order chi connectivity index (χ1) is 9.06. The molecule has 1 aromatic heterocycles. The second-order valence-corrected chi connectivity index (χ2v) is 4.76. The number of H-pyrrole nitrogens is 1. The topological polar surface area (TPSA) is 73.0 Å². The molecule has 2 aromatic rings. The number of nitrogens with one attached hydrogen (secondary N) is 1. The lowest BCUT2D eigenvalue weighted by atomic mass is 10.2. The predicted molar refractivity (Wildman–Crippen MR) is 76.8 cm³/mol. The molecule has 1 atom stereocenters. The zero-order valence-corrected chi connectivity index (χ0v) is 11.8. The van der Waals surface area contributed by atoms with Gasteiger partial charge in [0.25, 0.3) is 0 Å². The van der Waals surface area contributed by atoms with E-state index in [1.54, 1.807) is 11.5 Å². The van der Waals surface area contributed by atoms with Gasteiger partial charge in [-0.3, -0.25) is 4.79 Å². The Kier molecular flexibility index (Phi) is 3.90. The molecule has 19 heavy (non-hydrogen) atoms. The van der Waals surface area contributed by atoms with Gasteiger partial charge in [0.2, 0.25) is 5.91 Å². The van der Waals surface area contributed by atoms with Crippen molar-refractivity contribution in [3.8, 4) is 5.75 Å². The number of rotatable bonds is 5.